The number of hydrogen-bond acceptors (Lipinski definition) is 4. The molecule has 2 aromatic carbocycles. The highest BCUT2D eigenvalue weighted by Gasteiger charge is 2.23. The lowest BCUT2D eigenvalue weighted by Crippen LogP contribution is -2.49. The average molecular weight is 374 g/mol. The number of benzene rings is 2. The molecule has 0 aliphatic carbocycles. The fourth-order valence-electron chi connectivity index (χ4n) is 3.04. The highest BCUT2D eigenvalue weighted by Crippen LogP contribution is 2.17. The minimum absolute atomic E-state index is 0.0619. The van der Waals surface area contributed by atoms with Crippen LogP contribution >= 0.6 is 11.6 Å². The van der Waals surface area contributed by atoms with Crippen molar-refractivity contribution in [3.63, 3.8) is 0 Å². The monoisotopic (exact) mass is 373 g/mol. The number of aryl methyl sites for hydroxylation is 1. The van der Waals surface area contributed by atoms with Crippen molar-refractivity contribution < 1.29 is 9.53 Å². The Labute approximate surface area is 159 Å². The zero-order valence-corrected chi connectivity index (χ0v) is 15.7. The molecule has 0 bridgehead atoms. The number of nitrogens with zero attached hydrogens (tertiary/aromatic N) is 2. The third-order valence-corrected chi connectivity index (χ3v) is 4.89. The summed E-state index contributed by atoms with van der Waals surface area (Å²) in [5.74, 6) is 0.882. The predicted octanol–water partition coefficient (Wildman–Crippen LogP) is 3.07. The molecule has 3 rings (SSSR count). The summed E-state index contributed by atoms with van der Waals surface area (Å²) in [6.45, 7) is 6.51. The summed E-state index contributed by atoms with van der Waals surface area (Å²) >= 11 is 5.87. The second-order valence-corrected chi connectivity index (χ2v) is 6.95. The van der Waals surface area contributed by atoms with Crippen LogP contribution in [0.25, 0.3) is 0 Å². The molecule has 5 nitrogen and oxygen atoms in total. The highest BCUT2D eigenvalue weighted by atomic mass is 35.5. The minimum Gasteiger partial charge on any atom is -0.492 e. The first-order valence-corrected chi connectivity index (χ1v) is 9.17. The SMILES string of the molecule is Cc1ccc(N)cc1C(=O)N1CCN(CCOc2ccc(Cl)cc2)CC1. The van der Waals surface area contributed by atoms with Gasteiger partial charge in [0.1, 0.15) is 12.4 Å². The van der Waals surface area contributed by atoms with E-state index in [0.717, 1.165) is 30.9 Å². The lowest BCUT2D eigenvalue weighted by atomic mass is 10.1. The molecule has 26 heavy (non-hydrogen) atoms. The van der Waals surface area contributed by atoms with Crippen LogP contribution in [0.15, 0.2) is 42.5 Å². The molecule has 6 heteroatoms. The Balaban J connectivity index is 1.46. The average Bonchev–Trinajstić information content (AvgIpc) is 2.65. The van der Waals surface area contributed by atoms with Gasteiger partial charge in [0.25, 0.3) is 5.91 Å². The maximum Gasteiger partial charge on any atom is 0.254 e. The molecular formula is C20H24ClN3O2. The van der Waals surface area contributed by atoms with Crippen molar-refractivity contribution in [2.75, 3.05) is 45.1 Å². The molecule has 2 aromatic rings. The second kappa shape index (κ2) is 8.43. The molecular weight excluding hydrogens is 350 g/mol. The van der Waals surface area contributed by atoms with Crippen LogP contribution in [0.2, 0.25) is 5.02 Å². The number of ether oxygens (including phenoxy) is 1. The lowest BCUT2D eigenvalue weighted by Gasteiger charge is -2.35. The Kier molecular flexibility index (Phi) is 6.01. The van der Waals surface area contributed by atoms with E-state index in [1.54, 1.807) is 6.07 Å². The molecule has 1 heterocycles. The van der Waals surface area contributed by atoms with Crippen molar-refractivity contribution in [1.29, 1.82) is 0 Å². The van der Waals surface area contributed by atoms with E-state index in [0.29, 0.717) is 36.0 Å². The topological polar surface area (TPSA) is 58.8 Å². The number of anilines is 1. The summed E-state index contributed by atoms with van der Waals surface area (Å²) in [5.41, 5.74) is 8.11. The van der Waals surface area contributed by atoms with E-state index < -0.39 is 0 Å². The molecule has 138 valence electrons. The van der Waals surface area contributed by atoms with Gasteiger partial charge in [0.15, 0.2) is 0 Å². The van der Waals surface area contributed by atoms with Gasteiger partial charge in [0, 0.05) is 49.0 Å². The van der Waals surface area contributed by atoms with Crippen molar-refractivity contribution >= 4 is 23.2 Å². The van der Waals surface area contributed by atoms with E-state index in [9.17, 15) is 4.79 Å². The van der Waals surface area contributed by atoms with Crippen molar-refractivity contribution in [1.82, 2.24) is 9.80 Å². The number of nitrogen functional groups attached to an aromatic ring is 1. The van der Waals surface area contributed by atoms with E-state index >= 15 is 0 Å². The van der Waals surface area contributed by atoms with E-state index in [1.807, 2.05) is 48.2 Å². The molecule has 1 saturated heterocycles. The number of piperazine rings is 1. The summed E-state index contributed by atoms with van der Waals surface area (Å²) < 4.78 is 5.74. The van der Waals surface area contributed by atoms with Gasteiger partial charge in [-0.05, 0) is 48.9 Å². The lowest BCUT2D eigenvalue weighted by molar-refractivity contribution is 0.0619. The van der Waals surface area contributed by atoms with E-state index in [2.05, 4.69) is 4.90 Å². The Morgan fingerprint density at radius 3 is 2.50 bits per heavy atom. The van der Waals surface area contributed by atoms with Gasteiger partial charge in [-0.1, -0.05) is 17.7 Å². The molecule has 0 spiro atoms. The minimum atomic E-state index is 0.0619. The molecule has 0 aromatic heterocycles. The third-order valence-electron chi connectivity index (χ3n) is 4.64. The van der Waals surface area contributed by atoms with Crippen LogP contribution in [-0.2, 0) is 0 Å². The Bertz CT molecular complexity index is 756. The molecule has 0 saturated carbocycles. The maximum absolute atomic E-state index is 12.7. The zero-order chi connectivity index (χ0) is 18.5. The quantitative estimate of drug-likeness (QED) is 0.818. The fourth-order valence-corrected chi connectivity index (χ4v) is 3.16. The first-order valence-electron chi connectivity index (χ1n) is 8.79. The van der Waals surface area contributed by atoms with E-state index in [-0.39, 0.29) is 5.91 Å². The van der Waals surface area contributed by atoms with Crippen LogP contribution < -0.4 is 10.5 Å². The first kappa shape index (κ1) is 18.5. The van der Waals surface area contributed by atoms with E-state index in [1.165, 1.54) is 0 Å². The van der Waals surface area contributed by atoms with Crippen molar-refractivity contribution in [3.8, 4) is 5.75 Å². The summed E-state index contributed by atoms with van der Waals surface area (Å²) in [5, 5.41) is 0.702. The van der Waals surface area contributed by atoms with Gasteiger partial charge >= 0.3 is 0 Å². The number of rotatable bonds is 5. The number of carbonyl (C=O) groups is 1. The normalized spacial score (nSPS) is 15.1. The van der Waals surface area contributed by atoms with Crippen LogP contribution in [0, 0.1) is 6.92 Å². The summed E-state index contributed by atoms with van der Waals surface area (Å²) in [6, 6.07) is 12.9. The van der Waals surface area contributed by atoms with Gasteiger partial charge in [0.2, 0.25) is 0 Å². The Hall–Kier alpha value is -2.24. The van der Waals surface area contributed by atoms with Crippen LogP contribution in [0.4, 0.5) is 5.69 Å². The molecule has 1 fully saturated rings. The predicted molar refractivity (Wildman–Crippen MR) is 105 cm³/mol. The third kappa shape index (κ3) is 4.68. The Morgan fingerprint density at radius 1 is 1.12 bits per heavy atom. The fraction of sp³-hybridized carbons (Fsp3) is 0.350. The molecule has 2 N–H and O–H groups in total. The number of carbonyl (C=O) groups excluding carboxylic acids is 1. The molecule has 1 aliphatic rings. The van der Waals surface area contributed by atoms with E-state index in [4.69, 9.17) is 22.1 Å². The number of hydrogen-bond donors (Lipinski definition) is 1. The molecule has 0 atom stereocenters. The van der Waals surface area contributed by atoms with Crippen molar-refractivity contribution in [3.05, 3.63) is 58.6 Å². The maximum atomic E-state index is 12.7. The Morgan fingerprint density at radius 2 is 1.81 bits per heavy atom. The van der Waals surface area contributed by atoms with Crippen LogP contribution in [0.3, 0.4) is 0 Å². The second-order valence-electron chi connectivity index (χ2n) is 6.51. The summed E-state index contributed by atoms with van der Waals surface area (Å²) in [7, 11) is 0. The molecule has 1 aliphatic heterocycles. The van der Waals surface area contributed by atoms with Gasteiger partial charge in [-0.25, -0.2) is 0 Å². The van der Waals surface area contributed by atoms with Gasteiger partial charge in [0.05, 0.1) is 0 Å². The van der Waals surface area contributed by atoms with Gasteiger partial charge < -0.3 is 15.4 Å². The summed E-state index contributed by atoms with van der Waals surface area (Å²) in [4.78, 5) is 16.9. The van der Waals surface area contributed by atoms with Crippen molar-refractivity contribution in [2.24, 2.45) is 0 Å². The van der Waals surface area contributed by atoms with Crippen LogP contribution in [-0.4, -0.2) is 55.0 Å². The largest absolute Gasteiger partial charge is 0.492 e. The zero-order valence-electron chi connectivity index (χ0n) is 15.0. The van der Waals surface area contributed by atoms with Gasteiger partial charge in [-0.3, -0.25) is 9.69 Å². The van der Waals surface area contributed by atoms with Crippen LogP contribution in [0.5, 0.6) is 5.75 Å². The number of amides is 1. The molecule has 0 radical (unpaired) electrons. The first-order chi connectivity index (χ1) is 12.5. The smallest absolute Gasteiger partial charge is 0.254 e. The van der Waals surface area contributed by atoms with Crippen molar-refractivity contribution in [2.45, 2.75) is 6.92 Å². The summed E-state index contributed by atoms with van der Waals surface area (Å²) in [6.07, 6.45) is 0. The molecule has 1 amide bonds. The standard InChI is InChI=1S/C20H24ClN3O2/c1-15-2-5-17(22)14-19(15)20(25)24-10-8-23(9-11-24)12-13-26-18-6-3-16(21)4-7-18/h2-7,14H,8-13,22H2,1H3. The number of halogens is 1. The highest BCUT2D eigenvalue weighted by molar-refractivity contribution is 6.30. The van der Waals surface area contributed by atoms with Gasteiger partial charge in [-0.15, -0.1) is 0 Å². The van der Waals surface area contributed by atoms with Gasteiger partial charge in [-0.2, -0.15) is 0 Å². The van der Waals surface area contributed by atoms with Crippen LogP contribution in [0.1, 0.15) is 15.9 Å². The number of nitrogens with two attached hydrogens (primary N) is 1. The molecule has 0 unspecified atom stereocenters.